The Morgan fingerprint density at radius 3 is 2.50 bits per heavy atom. The molecule has 5 heteroatoms. The minimum absolute atomic E-state index is 0. The third kappa shape index (κ3) is 2.56. The van der Waals surface area contributed by atoms with Crippen LogP contribution in [0.1, 0.15) is 46.5 Å². The summed E-state index contributed by atoms with van der Waals surface area (Å²) in [7, 11) is 1.86. The number of nitrogens with one attached hydrogen (secondary N) is 2. The van der Waals surface area contributed by atoms with Crippen molar-refractivity contribution in [2.24, 2.45) is 16.3 Å². The van der Waals surface area contributed by atoms with E-state index in [9.17, 15) is 0 Å². The Kier molecular flexibility index (Phi) is 4.60. The molecule has 1 heterocycles. The molecule has 0 aromatic heterocycles. The number of ether oxygens (including phenoxy) is 1. The summed E-state index contributed by atoms with van der Waals surface area (Å²) in [5.41, 5.74) is 0.459. The van der Waals surface area contributed by atoms with Crippen LogP contribution in [0, 0.1) is 11.3 Å². The van der Waals surface area contributed by atoms with Gasteiger partial charge in [-0.3, -0.25) is 4.99 Å². The Hall–Kier alpha value is -0.0400. The van der Waals surface area contributed by atoms with Gasteiger partial charge in [0.05, 0.1) is 6.10 Å². The van der Waals surface area contributed by atoms with E-state index in [4.69, 9.17) is 4.74 Å². The molecule has 0 amide bonds. The second-order valence-electron chi connectivity index (χ2n) is 7.40. The van der Waals surface area contributed by atoms with Crippen molar-refractivity contribution in [3.63, 3.8) is 0 Å². The second kappa shape index (κ2) is 5.63. The molecule has 0 bridgehead atoms. The first kappa shape index (κ1) is 16.3. The van der Waals surface area contributed by atoms with Gasteiger partial charge in [0.1, 0.15) is 0 Å². The Morgan fingerprint density at radius 1 is 1.30 bits per heavy atom. The fraction of sp³-hybridized carbons (Fsp3) is 0.933. The second-order valence-corrected chi connectivity index (χ2v) is 7.40. The lowest BCUT2D eigenvalue weighted by molar-refractivity contribution is -0.171. The first-order valence-corrected chi connectivity index (χ1v) is 7.59. The average molecular weight is 393 g/mol. The van der Waals surface area contributed by atoms with Crippen molar-refractivity contribution in [1.29, 1.82) is 0 Å². The fourth-order valence-electron chi connectivity index (χ4n) is 4.11. The SMILES string of the molecule is CN=C(NC1C2CCOC2C12CCC2)NC(C)(C)C.I. The van der Waals surface area contributed by atoms with Gasteiger partial charge in [-0.25, -0.2) is 0 Å². The zero-order chi connectivity index (χ0) is 13.7. The summed E-state index contributed by atoms with van der Waals surface area (Å²) in [6, 6.07) is 0.558. The van der Waals surface area contributed by atoms with Crippen molar-refractivity contribution in [3.05, 3.63) is 0 Å². The van der Waals surface area contributed by atoms with E-state index in [-0.39, 0.29) is 29.5 Å². The van der Waals surface area contributed by atoms with Gasteiger partial charge in [-0.2, -0.15) is 0 Å². The highest BCUT2D eigenvalue weighted by atomic mass is 127. The summed E-state index contributed by atoms with van der Waals surface area (Å²) in [5.74, 6) is 1.63. The molecule has 3 aliphatic rings. The van der Waals surface area contributed by atoms with Gasteiger partial charge in [0.15, 0.2) is 5.96 Å². The topological polar surface area (TPSA) is 45.7 Å². The molecule has 116 valence electrons. The molecule has 3 fully saturated rings. The number of halogens is 1. The van der Waals surface area contributed by atoms with Crippen molar-refractivity contribution < 1.29 is 4.74 Å². The van der Waals surface area contributed by atoms with Crippen molar-refractivity contribution in [1.82, 2.24) is 10.6 Å². The van der Waals surface area contributed by atoms with Gasteiger partial charge >= 0.3 is 0 Å². The quantitative estimate of drug-likeness (QED) is 0.409. The zero-order valence-corrected chi connectivity index (χ0v) is 15.4. The molecule has 3 unspecified atom stereocenters. The van der Waals surface area contributed by atoms with E-state index >= 15 is 0 Å². The molecular formula is C15H28IN3O. The Morgan fingerprint density at radius 2 is 2.00 bits per heavy atom. The lowest BCUT2D eigenvalue weighted by Crippen LogP contribution is -2.73. The van der Waals surface area contributed by atoms with E-state index in [1.165, 1.54) is 25.7 Å². The number of fused-ring (bicyclic) bond motifs is 2. The van der Waals surface area contributed by atoms with Gasteiger partial charge in [-0.1, -0.05) is 6.42 Å². The molecule has 2 N–H and O–H groups in total. The van der Waals surface area contributed by atoms with Gasteiger partial charge in [0, 0.05) is 36.6 Å². The molecule has 1 saturated heterocycles. The minimum atomic E-state index is 0. The molecule has 20 heavy (non-hydrogen) atoms. The molecule has 0 radical (unpaired) electrons. The van der Waals surface area contributed by atoms with E-state index < -0.39 is 0 Å². The highest BCUT2D eigenvalue weighted by Crippen LogP contribution is 2.62. The number of guanidine groups is 1. The summed E-state index contributed by atoms with van der Waals surface area (Å²) >= 11 is 0. The van der Waals surface area contributed by atoms with Crippen molar-refractivity contribution in [3.8, 4) is 0 Å². The highest BCUT2D eigenvalue weighted by Gasteiger charge is 2.66. The Bertz CT molecular complexity index is 387. The third-order valence-electron chi connectivity index (χ3n) is 5.05. The predicted molar refractivity (Wildman–Crippen MR) is 92.7 cm³/mol. The van der Waals surface area contributed by atoms with Crippen LogP contribution in [-0.2, 0) is 4.74 Å². The number of nitrogens with zero attached hydrogens (tertiary/aromatic N) is 1. The van der Waals surface area contributed by atoms with Crippen LogP contribution < -0.4 is 10.6 Å². The van der Waals surface area contributed by atoms with Crippen LogP contribution in [0.15, 0.2) is 4.99 Å². The highest BCUT2D eigenvalue weighted by molar-refractivity contribution is 14.0. The molecular weight excluding hydrogens is 365 g/mol. The van der Waals surface area contributed by atoms with Crippen LogP contribution in [0.3, 0.4) is 0 Å². The summed E-state index contributed by atoms with van der Waals surface area (Å²) in [6.07, 6.45) is 5.72. The van der Waals surface area contributed by atoms with Crippen molar-refractivity contribution in [2.75, 3.05) is 13.7 Å². The number of hydrogen-bond donors (Lipinski definition) is 2. The van der Waals surface area contributed by atoms with Crippen molar-refractivity contribution in [2.45, 2.75) is 64.1 Å². The first-order chi connectivity index (χ1) is 8.96. The lowest BCUT2D eigenvalue weighted by Gasteiger charge is -2.63. The monoisotopic (exact) mass is 393 g/mol. The molecule has 3 atom stereocenters. The Labute approximate surface area is 139 Å². The summed E-state index contributed by atoms with van der Waals surface area (Å²) in [5, 5.41) is 7.15. The maximum absolute atomic E-state index is 5.96. The molecule has 1 spiro atoms. The van der Waals surface area contributed by atoms with E-state index in [1.807, 2.05) is 7.05 Å². The van der Waals surface area contributed by atoms with E-state index in [2.05, 4.69) is 36.4 Å². The van der Waals surface area contributed by atoms with Gasteiger partial charge < -0.3 is 15.4 Å². The maximum Gasteiger partial charge on any atom is 0.191 e. The van der Waals surface area contributed by atoms with Crippen LogP contribution in [0.5, 0.6) is 0 Å². The van der Waals surface area contributed by atoms with Crippen LogP contribution in [-0.4, -0.2) is 37.3 Å². The normalized spacial score (nSPS) is 34.6. The number of aliphatic imine (C=N–C) groups is 1. The van der Waals surface area contributed by atoms with Gasteiger partial charge in [-0.05, 0) is 40.0 Å². The van der Waals surface area contributed by atoms with Crippen LogP contribution in [0.2, 0.25) is 0 Å². The van der Waals surface area contributed by atoms with E-state index in [0.29, 0.717) is 23.5 Å². The molecule has 1 aliphatic heterocycles. The molecule has 2 saturated carbocycles. The van der Waals surface area contributed by atoms with Gasteiger partial charge in [-0.15, -0.1) is 24.0 Å². The fourth-order valence-corrected chi connectivity index (χ4v) is 4.11. The molecule has 0 aromatic rings. The molecule has 4 nitrogen and oxygen atoms in total. The van der Waals surface area contributed by atoms with E-state index in [0.717, 1.165) is 12.6 Å². The lowest BCUT2D eigenvalue weighted by atomic mass is 9.46. The largest absolute Gasteiger partial charge is 0.377 e. The van der Waals surface area contributed by atoms with Gasteiger partial charge in [0.25, 0.3) is 0 Å². The zero-order valence-electron chi connectivity index (χ0n) is 13.0. The summed E-state index contributed by atoms with van der Waals surface area (Å²) in [6.45, 7) is 7.45. The van der Waals surface area contributed by atoms with Crippen LogP contribution in [0.4, 0.5) is 0 Å². The summed E-state index contributed by atoms with van der Waals surface area (Å²) < 4.78 is 5.96. The van der Waals surface area contributed by atoms with Crippen molar-refractivity contribution >= 4 is 29.9 Å². The molecule has 2 aliphatic carbocycles. The van der Waals surface area contributed by atoms with Gasteiger partial charge in [0.2, 0.25) is 0 Å². The summed E-state index contributed by atoms with van der Waals surface area (Å²) in [4.78, 5) is 4.39. The first-order valence-electron chi connectivity index (χ1n) is 7.59. The standard InChI is InChI=1S/C15H27N3O.HI/c1-14(2,3)18-13(16-4)17-11-10-6-9-19-12(10)15(11)7-5-8-15;/h10-12H,5-9H2,1-4H3,(H2,16,17,18);1H. The average Bonchev–Trinajstić information content (AvgIpc) is 2.65. The van der Waals surface area contributed by atoms with Crippen LogP contribution in [0.25, 0.3) is 0 Å². The van der Waals surface area contributed by atoms with Crippen LogP contribution >= 0.6 is 24.0 Å². The minimum Gasteiger partial charge on any atom is -0.377 e. The smallest absolute Gasteiger partial charge is 0.191 e. The number of hydrogen-bond acceptors (Lipinski definition) is 2. The Balaban J connectivity index is 0.00000147. The maximum atomic E-state index is 5.96. The number of rotatable bonds is 1. The van der Waals surface area contributed by atoms with E-state index in [1.54, 1.807) is 0 Å². The third-order valence-corrected chi connectivity index (χ3v) is 5.05. The predicted octanol–water partition coefficient (Wildman–Crippen LogP) is 2.53. The molecule has 3 rings (SSSR count). The molecule has 0 aromatic carbocycles.